The van der Waals surface area contributed by atoms with Crippen LogP contribution in [-0.4, -0.2) is 23.4 Å². The third-order valence-corrected chi connectivity index (χ3v) is 3.97. The Hall–Kier alpha value is -2.41. The third kappa shape index (κ3) is 5.07. The summed E-state index contributed by atoms with van der Waals surface area (Å²) >= 11 is 1.50. The summed E-state index contributed by atoms with van der Waals surface area (Å²) in [6, 6.07) is 6.90. The number of ether oxygens (including phenoxy) is 1. The number of pyridine rings is 1. The van der Waals surface area contributed by atoms with Gasteiger partial charge in [-0.2, -0.15) is 0 Å². The molecular weight excluding hydrogens is 314 g/mol. The molecule has 2 N–H and O–H groups in total. The summed E-state index contributed by atoms with van der Waals surface area (Å²) in [5.41, 5.74) is 0.520. The molecule has 6 nitrogen and oxygen atoms in total. The van der Waals surface area contributed by atoms with E-state index in [-0.39, 0.29) is 24.3 Å². The van der Waals surface area contributed by atoms with Crippen molar-refractivity contribution >= 4 is 28.8 Å². The first-order chi connectivity index (χ1) is 11.1. The van der Waals surface area contributed by atoms with Crippen LogP contribution in [0.1, 0.15) is 31.2 Å². The lowest BCUT2D eigenvalue weighted by molar-refractivity contribution is -0.120. The standard InChI is InChI=1S/C16H19N3O3S/c1-3-22-16-12(6-4-8-17-16)19-15(21)10-13(18-11(2)20)14-7-5-9-23-14/h4-9,13H,3,10H2,1-2H3,(H,18,20)(H,19,21). The van der Waals surface area contributed by atoms with Gasteiger partial charge in [0.15, 0.2) is 0 Å². The zero-order chi connectivity index (χ0) is 16.7. The highest BCUT2D eigenvalue weighted by Crippen LogP contribution is 2.24. The van der Waals surface area contributed by atoms with Crippen molar-refractivity contribution in [3.63, 3.8) is 0 Å². The number of rotatable bonds is 7. The van der Waals surface area contributed by atoms with E-state index >= 15 is 0 Å². The van der Waals surface area contributed by atoms with Gasteiger partial charge >= 0.3 is 0 Å². The average Bonchev–Trinajstić information content (AvgIpc) is 3.02. The molecular formula is C16H19N3O3S. The van der Waals surface area contributed by atoms with Gasteiger partial charge in [0.05, 0.1) is 19.1 Å². The van der Waals surface area contributed by atoms with Crippen molar-refractivity contribution < 1.29 is 14.3 Å². The Kier molecular flexibility index (Phi) is 6.10. The summed E-state index contributed by atoms with van der Waals surface area (Å²) < 4.78 is 5.39. The number of hydrogen-bond acceptors (Lipinski definition) is 5. The van der Waals surface area contributed by atoms with Crippen molar-refractivity contribution in [2.75, 3.05) is 11.9 Å². The van der Waals surface area contributed by atoms with Gasteiger partial charge in [-0.3, -0.25) is 9.59 Å². The Morgan fingerprint density at radius 3 is 2.83 bits per heavy atom. The van der Waals surface area contributed by atoms with E-state index in [4.69, 9.17) is 4.74 Å². The van der Waals surface area contributed by atoms with Gasteiger partial charge in [0.2, 0.25) is 17.7 Å². The lowest BCUT2D eigenvalue weighted by Crippen LogP contribution is -2.29. The molecule has 0 aliphatic rings. The molecule has 0 bridgehead atoms. The summed E-state index contributed by atoms with van der Waals surface area (Å²) in [6.07, 6.45) is 1.74. The van der Waals surface area contributed by atoms with Gasteiger partial charge in [-0.15, -0.1) is 11.3 Å². The minimum atomic E-state index is -0.347. The highest BCUT2D eigenvalue weighted by molar-refractivity contribution is 7.10. The quantitative estimate of drug-likeness (QED) is 0.816. The number of carbonyl (C=O) groups excluding carboxylic acids is 2. The molecule has 0 saturated carbocycles. The molecule has 0 aliphatic carbocycles. The maximum absolute atomic E-state index is 12.3. The van der Waals surface area contributed by atoms with Crippen molar-refractivity contribution in [3.8, 4) is 5.88 Å². The lowest BCUT2D eigenvalue weighted by atomic mass is 10.1. The van der Waals surface area contributed by atoms with Crippen molar-refractivity contribution in [2.24, 2.45) is 0 Å². The fraction of sp³-hybridized carbons (Fsp3) is 0.312. The minimum absolute atomic E-state index is 0.139. The van der Waals surface area contributed by atoms with E-state index in [0.29, 0.717) is 18.2 Å². The monoisotopic (exact) mass is 333 g/mol. The molecule has 0 saturated heterocycles. The molecule has 2 amide bonds. The van der Waals surface area contributed by atoms with Crippen LogP contribution < -0.4 is 15.4 Å². The topological polar surface area (TPSA) is 80.3 Å². The van der Waals surface area contributed by atoms with E-state index in [0.717, 1.165) is 4.88 Å². The summed E-state index contributed by atoms with van der Waals surface area (Å²) in [5.74, 6) is -0.00534. The van der Waals surface area contributed by atoms with Gasteiger partial charge in [0.1, 0.15) is 5.69 Å². The smallest absolute Gasteiger partial charge is 0.237 e. The second-order valence-corrected chi connectivity index (χ2v) is 5.79. The molecule has 0 aromatic carbocycles. The zero-order valence-corrected chi connectivity index (χ0v) is 13.9. The van der Waals surface area contributed by atoms with Gasteiger partial charge in [0, 0.05) is 18.0 Å². The number of anilines is 1. The summed E-state index contributed by atoms with van der Waals surface area (Å²) in [6.45, 7) is 3.75. The van der Waals surface area contributed by atoms with Crippen LogP contribution in [0.5, 0.6) is 5.88 Å². The van der Waals surface area contributed by atoms with Crippen molar-refractivity contribution in [1.29, 1.82) is 0 Å². The van der Waals surface area contributed by atoms with E-state index in [1.54, 1.807) is 18.3 Å². The van der Waals surface area contributed by atoms with Crippen LogP contribution in [0.2, 0.25) is 0 Å². The van der Waals surface area contributed by atoms with E-state index in [9.17, 15) is 9.59 Å². The van der Waals surface area contributed by atoms with Gasteiger partial charge in [-0.1, -0.05) is 6.07 Å². The van der Waals surface area contributed by atoms with E-state index in [1.807, 2.05) is 24.4 Å². The van der Waals surface area contributed by atoms with Crippen LogP contribution in [0.4, 0.5) is 5.69 Å². The van der Waals surface area contributed by atoms with E-state index < -0.39 is 0 Å². The van der Waals surface area contributed by atoms with Crippen LogP contribution >= 0.6 is 11.3 Å². The average molecular weight is 333 g/mol. The molecule has 0 radical (unpaired) electrons. The number of thiophene rings is 1. The number of aromatic nitrogens is 1. The van der Waals surface area contributed by atoms with Crippen LogP contribution in [0.15, 0.2) is 35.8 Å². The number of nitrogens with one attached hydrogen (secondary N) is 2. The number of hydrogen-bond donors (Lipinski definition) is 2. The summed E-state index contributed by atoms with van der Waals surface area (Å²) in [4.78, 5) is 28.7. The highest BCUT2D eigenvalue weighted by Gasteiger charge is 2.19. The Balaban J connectivity index is 2.06. The van der Waals surface area contributed by atoms with Crippen LogP contribution in [-0.2, 0) is 9.59 Å². The van der Waals surface area contributed by atoms with Gasteiger partial charge in [-0.05, 0) is 30.5 Å². The molecule has 0 spiro atoms. The molecule has 7 heteroatoms. The van der Waals surface area contributed by atoms with Crippen molar-refractivity contribution in [3.05, 3.63) is 40.7 Å². The van der Waals surface area contributed by atoms with Crippen molar-refractivity contribution in [2.45, 2.75) is 26.3 Å². The largest absolute Gasteiger partial charge is 0.476 e. The predicted octanol–water partition coefficient (Wildman–Crippen LogP) is 2.75. The summed E-state index contributed by atoms with van der Waals surface area (Å²) in [7, 11) is 0. The second kappa shape index (κ2) is 8.28. The first kappa shape index (κ1) is 17.0. The van der Waals surface area contributed by atoms with Gasteiger partial charge in [-0.25, -0.2) is 4.98 Å². The Labute approximate surface area is 138 Å². The molecule has 2 heterocycles. The Bertz CT molecular complexity index is 658. The SMILES string of the molecule is CCOc1ncccc1NC(=O)CC(NC(C)=O)c1cccs1. The molecule has 2 aromatic heterocycles. The first-order valence-corrected chi connectivity index (χ1v) is 8.16. The molecule has 1 atom stereocenters. The van der Waals surface area contributed by atoms with E-state index in [1.165, 1.54) is 18.3 Å². The highest BCUT2D eigenvalue weighted by atomic mass is 32.1. The molecule has 0 aliphatic heterocycles. The van der Waals surface area contributed by atoms with Gasteiger partial charge in [0.25, 0.3) is 0 Å². The zero-order valence-electron chi connectivity index (χ0n) is 13.0. The third-order valence-electron chi connectivity index (χ3n) is 2.98. The maximum atomic E-state index is 12.3. The number of amides is 2. The fourth-order valence-electron chi connectivity index (χ4n) is 2.08. The minimum Gasteiger partial charge on any atom is -0.476 e. The van der Waals surface area contributed by atoms with Gasteiger partial charge < -0.3 is 15.4 Å². The molecule has 122 valence electrons. The molecule has 1 unspecified atom stereocenters. The molecule has 0 fully saturated rings. The van der Waals surface area contributed by atoms with Crippen LogP contribution in [0.25, 0.3) is 0 Å². The lowest BCUT2D eigenvalue weighted by Gasteiger charge is -2.17. The Morgan fingerprint density at radius 2 is 2.17 bits per heavy atom. The second-order valence-electron chi connectivity index (χ2n) is 4.81. The molecule has 23 heavy (non-hydrogen) atoms. The van der Waals surface area contributed by atoms with E-state index in [2.05, 4.69) is 15.6 Å². The Morgan fingerprint density at radius 1 is 1.35 bits per heavy atom. The number of carbonyl (C=O) groups is 2. The van der Waals surface area contributed by atoms with Crippen LogP contribution in [0.3, 0.4) is 0 Å². The van der Waals surface area contributed by atoms with Crippen molar-refractivity contribution in [1.82, 2.24) is 10.3 Å². The predicted molar refractivity (Wildman–Crippen MR) is 89.5 cm³/mol. The molecule has 2 rings (SSSR count). The normalized spacial score (nSPS) is 11.6. The summed E-state index contributed by atoms with van der Waals surface area (Å²) in [5, 5.41) is 7.50. The first-order valence-electron chi connectivity index (χ1n) is 7.28. The maximum Gasteiger partial charge on any atom is 0.237 e. The number of nitrogens with zero attached hydrogens (tertiary/aromatic N) is 1. The van der Waals surface area contributed by atoms with Crippen LogP contribution in [0, 0.1) is 0 Å². The molecule has 2 aromatic rings. The fourth-order valence-corrected chi connectivity index (χ4v) is 2.86.